The predicted octanol–water partition coefficient (Wildman–Crippen LogP) is 3.28. The van der Waals surface area contributed by atoms with Crippen LogP contribution in [0.25, 0.3) is 6.08 Å². The third-order valence-corrected chi connectivity index (χ3v) is 3.88. The molecule has 0 spiro atoms. The van der Waals surface area contributed by atoms with Crippen molar-refractivity contribution in [2.45, 2.75) is 11.5 Å². The number of hydrogen-bond acceptors (Lipinski definition) is 4. The average molecular weight is 349 g/mol. The van der Waals surface area contributed by atoms with Crippen LogP contribution in [0.4, 0.5) is 8.68 Å². The van der Waals surface area contributed by atoms with E-state index in [2.05, 4.69) is 5.32 Å². The molecule has 0 saturated carbocycles. The number of nitrogens with one attached hydrogen (secondary N) is 1. The van der Waals surface area contributed by atoms with Crippen molar-refractivity contribution in [1.82, 2.24) is 5.32 Å². The Balaban J connectivity index is 1.75. The molecule has 5 nitrogen and oxygen atoms in total. The number of amides is 1. The van der Waals surface area contributed by atoms with Crippen LogP contribution in [-0.2, 0) is 21.6 Å². The lowest BCUT2D eigenvalue weighted by atomic mass is 10.2. The Morgan fingerprint density at radius 3 is 2.38 bits per heavy atom. The lowest BCUT2D eigenvalue weighted by Gasteiger charge is -2.05. The van der Waals surface area contributed by atoms with Gasteiger partial charge in [0, 0.05) is 6.54 Å². The van der Waals surface area contributed by atoms with Crippen molar-refractivity contribution >= 4 is 22.4 Å². The molecule has 0 aliphatic heterocycles. The number of carbonyl (C=O) groups excluding carboxylic acids is 1. The fraction of sp³-hybridized carbons (Fsp3) is 0.118. The summed E-state index contributed by atoms with van der Waals surface area (Å²) >= 11 is 0. The third-order valence-electron chi connectivity index (χ3n) is 3.05. The van der Waals surface area contributed by atoms with Gasteiger partial charge in [-0.1, -0.05) is 54.6 Å². The average Bonchev–Trinajstić information content (AvgIpc) is 2.57. The minimum Gasteiger partial charge on any atom is -0.445 e. The molecule has 2 aromatic carbocycles. The summed E-state index contributed by atoms with van der Waals surface area (Å²) < 4.78 is 39.2. The highest BCUT2D eigenvalue weighted by molar-refractivity contribution is 7.86. The van der Waals surface area contributed by atoms with Gasteiger partial charge < -0.3 is 10.1 Å². The van der Waals surface area contributed by atoms with Gasteiger partial charge in [0.2, 0.25) is 0 Å². The number of benzene rings is 2. The molecule has 0 unspecified atom stereocenters. The highest BCUT2D eigenvalue weighted by Gasteiger charge is 2.10. The molecular weight excluding hydrogens is 333 g/mol. The Kier molecular flexibility index (Phi) is 6.08. The van der Waals surface area contributed by atoms with Crippen molar-refractivity contribution in [3.05, 3.63) is 71.8 Å². The second-order valence-electron chi connectivity index (χ2n) is 4.85. The Morgan fingerprint density at radius 2 is 1.75 bits per heavy atom. The molecule has 0 aromatic heterocycles. The van der Waals surface area contributed by atoms with Crippen LogP contribution in [-0.4, -0.2) is 21.1 Å². The van der Waals surface area contributed by atoms with Crippen LogP contribution < -0.4 is 5.32 Å². The number of alkyl carbamates (subject to hydrolysis) is 1. The van der Waals surface area contributed by atoms with Gasteiger partial charge in [-0.3, -0.25) is 0 Å². The molecule has 1 N–H and O–H groups in total. The summed E-state index contributed by atoms with van der Waals surface area (Å²) in [6.07, 6.45) is 2.80. The first-order chi connectivity index (χ1) is 11.4. The highest BCUT2D eigenvalue weighted by atomic mass is 32.3. The van der Waals surface area contributed by atoms with Gasteiger partial charge in [-0.25, -0.2) is 4.79 Å². The largest absolute Gasteiger partial charge is 0.445 e. The summed E-state index contributed by atoms with van der Waals surface area (Å²) in [7, 11) is -4.68. The van der Waals surface area contributed by atoms with Gasteiger partial charge >= 0.3 is 16.3 Å². The van der Waals surface area contributed by atoms with Crippen LogP contribution in [0.3, 0.4) is 0 Å². The van der Waals surface area contributed by atoms with E-state index in [4.69, 9.17) is 4.74 Å². The van der Waals surface area contributed by atoms with Crippen molar-refractivity contribution in [3.8, 4) is 0 Å². The number of ether oxygens (including phenoxy) is 1. The van der Waals surface area contributed by atoms with Gasteiger partial charge in [-0.2, -0.15) is 8.42 Å². The standard InChI is InChI=1S/C17H16FNO4S/c18-24(21,22)16-10-8-14(9-11-16)7-4-12-19-17(20)23-13-15-5-2-1-3-6-15/h1-11H,12-13H2,(H,19,20). The second kappa shape index (κ2) is 8.26. The van der Waals surface area contributed by atoms with E-state index in [-0.39, 0.29) is 18.0 Å². The lowest BCUT2D eigenvalue weighted by molar-refractivity contribution is 0.141. The van der Waals surface area contributed by atoms with E-state index < -0.39 is 16.3 Å². The van der Waals surface area contributed by atoms with Crippen LogP contribution in [0.2, 0.25) is 0 Å². The van der Waals surface area contributed by atoms with Gasteiger partial charge in [-0.05, 0) is 23.3 Å². The molecule has 0 radical (unpaired) electrons. The van der Waals surface area contributed by atoms with Gasteiger partial charge in [-0.15, -0.1) is 3.89 Å². The zero-order valence-corrected chi connectivity index (χ0v) is 13.5. The van der Waals surface area contributed by atoms with E-state index in [0.29, 0.717) is 5.56 Å². The van der Waals surface area contributed by atoms with Crippen LogP contribution in [0.15, 0.2) is 65.6 Å². The van der Waals surface area contributed by atoms with Crippen molar-refractivity contribution in [1.29, 1.82) is 0 Å². The van der Waals surface area contributed by atoms with E-state index in [9.17, 15) is 17.1 Å². The number of halogens is 1. The van der Waals surface area contributed by atoms with Crippen molar-refractivity contribution in [3.63, 3.8) is 0 Å². The van der Waals surface area contributed by atoms with E-state index in [1.165, 1.54) is 24.3 Å². The third kappa shape index (κ3) is 5.85. The molecule has 0 aliphatic carbocycles. The number of carbonyl (C=O) groups is 1. The zero-order valence-electron chi connectivity index (χ0n) is 12.7. The molecule has 0 bridgehead atoms. The zero-order chi connectivity index (χ0) is 17.4. The molecule has 0 heterocycles. The van der Waals surface area contributed by atoms with Crippen molar-refractivity contribution < 1.29 is 21.8 Å². The summed E-state index contributed by atoms with van der Waals surface area (Å²) in [5, 5.41) is 2.55. The van der Waals surface area contributed by atoms with Crippen molar-refractivity contribution in [2.75, 3.05) is 6.54 Å². The fourth-order valence-electron chi connectivity index (χ4n) is 1.85. The quantitative estimate of drug-likeness (QED) is 0.812. The Hall–Kier alpha value is -2.67. The fourth-order valence-corrected chi connectivity index (χ4v) is 2.31. The molecule has 0 aliphatic rings. The molecule has 1 amide bonds. The number of rotatable bonds is 6. The van der Waals surface area contributed by atoms with Crippen LogP contribution >= 0.6 is 0 Å². The van der Waals surface area contributed by atoms with Crippen LogP contribution in [0, 0.1) is 0 Å². The minimum absolute atomic E-state index is 0.190. The highest BCUT2D eigenvalue weighted by Crippen LogP contribution is 2.13. The number of hydrogen-bond donors (Lipinski definition) is 1. The summed E-state index contributed by atoms with van der Waals surface area (Å²) in [6, 6.07) is 14.6. The monoisotopic (exact) mass is 349 g/mol. The second-order valence-corrected chi connectivity index (χ2v) is 6.20. The smallest absolute Gasteiger partial charge is 0.407 e. The predicted molar refractivity (Wildman–Crippen MR) is 88.4 cm³/mol. The van der Waals surface area contributed by atoms with Gasteiger partial charge in [0.25, 0.3) is 0 Å². The molecule has 7 heteroatoms. The summed E-state index contributed by atoms with van der Waals surface area (Å²) in [6.45, 7) is 0.437. The van der Waals surface area contributed by atoms with Crippen LogP contribution in [0.5, 0.6) is 0 Å². The maximum Gasteiger partial charge on any atom is 0.407 e. The topological polar surface area (TPSA) is 72.5 Å². The first-order valence-corrected chi connectivity index (χ1v) is 8.49. The van der Waals surface area contributed by atoms with Gasteiger partial charge in [0.15, 0.2) is 0 Å². The van der Waals surface area contributed by atoms with Crippen molar-refractivity contribution in [2.24, 2.45) is 0 Å². The molecule has 0 fully saturated rings. The molecule has 126 valence electrons. The molecule has 24 heavy (non-hydrogen) atoms. The summed E-state index contributed by atoms with van der Waals surface area (Å²) in [5.74, 6) is 0. The Morgan fingerprint density at radius 1 is 1.08 bits per heavy atom. The molecule has 0 atom stereocenters. The molecule has 2 rings (SSSR count). The summed E-state index contributed by atoms with van der Waals surface area (Å²) in [4.78, 5) is 11.1. The minimum atomic E-state index is -4.68. The maximum absolute atomic E-state index is 12.7. The first-order valence-electron chi connectivity index (χ1n) is 7.11. The Bertz CT molecular complexity index is 802. The van der Waals surface area contributed by atoms with E-state index in [1.54, 1.807) is 12.2 Å². The van der Waals surface area contributed by atoms with Gasteiger partial charge in [0.1, 0.15) is 6.61 Å². The van der Waals surface area contributed by atoms with E-state index >= 15 is 0 Å². The Labute approximate surface area is 140 Å². The van der Waals surface area contributed by atoms with E-state index in [0.717, 1.165) is 5.56 Å². The van der Waals surface area contributed by atoms with E-state index in [1.807, 2.05) is 30.3 Å². The molecule has 0 saturated heterocycles. The summed E-state index contributed by atoms with van der Waals surface area (Å²) in [5.41, 5.74) is 1.58. The normalized spacial score (nSPS) is 11.4. The van der Waals surface area contributed by atoms with Crippen LogP contribution in [0.1, 0.15) is 11.1 Å². The SMILES string of the molecule is O=C(NCC=Cc1ccc(S(=O)(=O)F)cc1)OCc1ccccc1. The molecule has 2 aromatic rings. The molecular formula is C17H16FNO4S. The first kappa shape index (κ1) is 17.7. The van der Waals surface area contributed by atoms with Gasteiger partial charge in [0.05, 0.1) is 4.90 Å². The maximum atomic E-state index is 12.7. The lowest BCUT2D eigenvalue weighted by Crippen LogP contribution is -2.24.